The molecule has 26 heavy (non-hydrogen) atoms. The molecule has 0 spiro atoms. The number of hydrogen-bond donors (Lipinski definition) is 3. The highest BCUT2D eigenvalue weighted by Crippen LogP contribution is 2.34. The van der Waals surface area contributed by atoms with E-state index in [0.717, 1.165) is 10.9 Å². The molecular formula is C18H16N4O4. The van der Waals surface area contributed by atoms with Crippen molar-refractivity contribution in [3.8, 4) is 17.2 Å². The van der Waals surface area contributed by atoms with Gasteiger partial charge in [-0.25, -0.2) is 4.79 Å². The molecule has 1 aliphatic heterocycles. The molecule has 0 unspecified atom stereocenters. The summed E-state index contributed by atoms with van der Waals surface area (Å²) in [6.45, 7) is 4.20. The molecule has 0 fully saturated rings. The van der Waals surface area contributed by atoms with Gasteiger partial charge in [0.25, 0.3) is 0 Å². The van der Waals surface area contributed by atoms with E-state index in [0.29, 0.717) is 35.4 Å². The fraction of sp³-hybridized carbons (Fsp3) is 0.111. The van der Waals surface area contributed by atoms with E-state index in [1.165, 1.54) is 0 Å². The summed E-state index contributed by atoms with van der Waals surface area (Å²) in [6, 6.07) is 10.2. The summed E-state index contributed by atoms with van der Waals surface area (Å²) in [6.07, 6.45) is 1.66. The van der Waals surface area contributed by atoms with Gasteiger partial charge in [-0.1, -0.05) is 12.7 Å². The first-order chi connectivity index (χ1) is 12.7. The Morgan fingerprint density at radius 1 is 1.23 bits per heavy atom. The minimum Gasteiger partial charge on any atom is -0.490 e. The number of benzene rings is 2. The molecule has 0 saturated heterocycles. The summed E-state index contributed by atoms with van der Waals surface area (Å²) < 4.78 is 16.1. The first-order valence-electron chi connectivity index (χ1n) is 7.92. The van der Waals surface area contributed by atoms with Gasteiger partial charge >= 0.3 is 6.03 Å². The number of H-pyrrole nitrogens is 1. The Bertz CT molecular complexity index is 982. The number of urea groups is 1. The van der Waals surface area contributed by atoms with Gasteiger partial charge in [0.15, 0.2) is 17.3 Å². The van der Waals surface area contributed by atoms with Crippen LogP contribution in [0.15, 0.2) is 49.1 Å². The monoisotopic (exact) mass is 352 g/mol. The zero-order chi connectivity index (χ0) is 17.9. The molecular weight excluding hydrogens is 336 g/mol. The van der Waals surface area contributed by atoms with Crippen LogP contribution in [0, 0.1) is 0 Å². The lowest BCUT2D eigenvalue weighted by atomic mass is 10.2. The van der Waals surface area contributed by atoms with Crippen LogP contribution in [0.25, 0.3) is 10.9 Å². The van der Waals surface area contributed by atoms with Gasteiger partial charge in [-0.05, 0) is 30.3 Å². The van der Waals surface area contributed by atoms with Crippen LogP contribution in [0.4, 0.5) is 16.3 Å². The van der Waals surface area contributed by atoms with Crippen molar-refractivity contribution in [2.24, 2.45) is 0 Å². The normalized spacial score (nSPS) is 12.0. The minimum absolute atomic E-state index is 0.181. The second kappa shape index (κ2) is 6.67. The molecule has 8 heteroatoms. The number of hydrogen-bond acceptors (Lipinski definition) is 5. The SMILES string of the molecule is C=CCOc1ccc2[nH]nc(NC(=O)Nc3ccc4c(c3)OCO4)c2c1. The maximum Gasteiger partial charge on any atom is 0.324 e. The molecule has 2 amide bonds. The van der Waals surface area contributed by atoms with Crippen molar-refractivity contribution in [2.75, 3.05) is 24.0 Å². The standard InChI is InChI=1S/C18H16N4O4/c1-2-7-24-12-4-5-14-13(9-12)17(22-21-14)20-18(23)19-11-3-6-15-16(8-11)26-10-25-15/h2-6,8-9H,1,7,10H2,(H3,19,20,21,22,23). The Morgan fingerprint density at radius 2 is 2.12 bits per heavy atom. The van der Waals surface area contributed by atoms with Gasteiger partial charge in [0.2, 0.25) is 6.79 Å². The van der Waals surface area contributed by atoms with E-state index in [4.69, 9.17) is 14.2 Å². The van der Waals surface area contributed by atoms with E-state index in [1.54, 1.807) is 30.3 Å². The number of aromatic nitrogens is 2. The van der Waals surface area contributed by atoms with Crippen LogP contribution in [-0.2, 0) is 0 Å². The maximum atomic E-state index is 12.3. The Balaban J connectivity index is 1.49. The van der Waals surface area contributed by atoms with Crippen LogP contribution in [0.3, 0.4) is 0 Å². The van der Waals surface area contributed by atoms with E-state index in [1.807, 2.05) is 12.1 Å². The van der Waals surface area contributed by atoms with Gasteiger partial charge in [-0.15, -0.1) is 0 Å². The summed E-state index contributed by atoms with van der Waals surface area (Å²) >= 11 is 0. The van der Waals surface area contributed by atoms with E-state index in [-0.39, 0.29) is 6.79 Å². The van der Waals surface area contributed by atoms with Crippen molar-refractivity contribution in [3.63, 3.8) is 0 Å². The van der Waals surface area contributed by atoms with Crippen molar-refractivity contribution >= 4 is 28.4 Å². The molecule has 0 saturated carbocycles. The molecule has 0 bridgehead atoms. The highest BCUT2D eigenvalue weighted by molar-refractivity contribution is 6.04. The second-order valence-electron chi connectivity index (χ2n) is 5.53. The van der Waals surface area contributed by atoms with Gasteiger partial charge < -0.3 is 19.5 Å². The number of carbonyl (C=O) groups is 1. The van der Waals surface area contributed by atoms with Gasteiger partial charge in [-0.3, -0.25) is 10.4 Å². The van der Waals surface area contributed by atoms with E-state index < -0.39 is 6.03 Å². The average molecular weight is 352 g/mol. The first-order valence-corrected chi connectivity index (χ1v) is 7.92. The fourth-order valence-corrected chi connectivity index (χ4v) is 2.58. The van der Waals surface area contributed by atoms with Crippen molar-refractivity contribution < 1.29 is 19.0 Å². The number of nitrogens with zero attached hydrogens (tertiary/aromatic N) is 1. The number of ether oxygens (including phenoxy) is 3. The molecule has 2 aromatic carbocycles. The molecule has 3 N–H and O–H groups in total. The van der Waals surface area contributed by atoms with Crippen molar-refractivity contribution in [1.29, 1.82) is 0 Å². The topological polar surface area (TPSA) is 97.5 Å². The van der Waals surface area contributed by atoms with Crippen LogP contribution >= 0.6 is 0 Å². The summed E-state index contributed by atoms with van der Waals surface area (Å²) in [7, 11) is 0. The van der Waals surface area contributed by atoms with Crippen LogP contribution in [0.5, 0.6) is 17.2 Å². The maximum absolute atomic E-state index is 12.3. The third-order valence-corrected chi connectivity index (χ3v) is 3.76. The number of aromatic amines is 1. The highest BCUT2D eigenvalue weighted by Gasteiger charge is 2.15. The quantitative estimate of drug-likeness (QED) is 0.611. The molecule has 0 aliphatic carbocycles. The number of fused-ring (bicyclic) bond motifs is 2. The molecule has 8 nitrogen and oxygen atoms in total. The lowest BCUT2D eigenvalue weighted by molar-refractivity contribution is 0.174. The molecule has 1 aromatic heterocycles. The van der Waals surface area contributed by atoms with Gasteiger partial charge in [0.1, 0.15) is 12.4 Å². The third-order valence-electron chi connectivity index (χ3n) is 3.76. The highest BCUT2D eigenvalue weighted by atomic mass is 16.7. The Morgan fingerprint density at radius 3 is 3.00 bits per heavy atom. The third kappa shape index (κ3) is 3.12. The van der Waals surface area contributed by atoms with Gasteiger partial charge in [0, 0.05) is 17.1 Å². The second-order valence-corrected chi connectivity index (χ2v) is 5.53. The summed E-state index contributed by atoms with van der Waals surface area (Å²) in [4.78, 5) is 12.3. The lowest BCUT2D eigenvalue weighted by Gasteiger charge is -2.07. The van der Waals surface area contributed by atoms with Crippen LogP contribution in [0.2, 0.25) is 0 Å². The van der Waals surface area contributed by atoms with Crippen molar-refractivity contribution in [2.45, 2.75) is 0 Å². The van der Waals surface area contributed by atoms with Crippen molar-refractivity contribution in [1.82, 2.24) is 10.2 Å². The predicted molar refractivity (Wildman–Crippen MR) is 97.0 cm³/mol. The molecule has 3 aromatic rings. The summed E-state index contributed by atoms with van der Waals surface area (Å²) in [5.41, 5.74) is 1.37. The molecule has 1 aliphatic rings. The number of amides is 2. The van der Waals surface area contributed by atoms with Gasteiger partial charge in [0.05, 0.1) is 5.52 Å². The van der Waals surface area contributed by atoms with E-state index in [2.05, 4.69) is 27.4 Å². The minimum atomic E-state index is -0.422. The van der Waals surface area contributed by atoms with Crippen LogP contribution in [-0.4, -0.2) is 29.6 Å². The zero-order valence-corrected chi connectivity index (χ0v) is 13.7. The Labute approximate surface area is 148 Å². The number of carbonyl (C=O) groups excluding carboxylic acids is 1. The fourth-order valence-electron chi connectivity index (χ4n) is 2.58. The summed E-state index contributed by atoms with van der Waals surface area (Å²) in [5, 5.41) is 13.2. The Hall–Kier alpha value is -3.68. The molecule has 2 heterocycles. The number of rotatable bonds is 5. The van der Waals surface area contributed by atoms with Crippen LogP contribution < -0.4 is 24.8 Å². The number of anilines is 2. The van der Waals surface area contributed by atoms with Gasteiger partial charge in [-0.2, -0.15) is 5.10 Å². The average Bonchev–Trinajstić information content (AvgIpc) is 3.26. The van der Waals surface area contributed by atoms with E-state index >= 15 is 0 Å². The molecule has 0 atom stereocenters. The molecule has 0 radical (unpaired) electrons. The predicted octanol–water partition coefficient (Wildman–Crippen LogP) is 3.50. The molecule has 4 rings (SSSR count). The summed E-state index contributed by atoms with van der Waals surface area (Å²) in [5.74, 6) is 2.32. The smallest absolute Gasteiger partial charge is 0.324 e. The zero-order valence-electron chi connectivity index (χ0n) is 13.7. The lowest BCUT2D eigenvalue weighted by Crippen LogP contribution is -2.19. The van der Waals surface area contributed by atoms with E-state index in [9.17, 15) is 4.79 Å². The molecule has 132 valence electrons. The van der Waals surface area contributed by atoms with Crippen LogP contribution in [0.1, 0.15) is 0 Å². The number of nitrogens with one attached hydrogen (secondary N) is 3. The first kappa shape index (κ1) is 15.8. The largest absolute Gasteiger partial charge is 0.490 e. The Kier molecular flexibility index (Phi) is 4.06. The van der Waals surface area contributed by atoms with Crippen molar-refractivity contribution in [3.05, 3.63) is 49.1 Å².